The highest BCUT2D eigenvalue weighted by Crippen LogP contribution is 2.47. The SMILES string of the molecule is N#CC1(C#N)O[C@@H](c2ccc(Cl)cc2)O[C@H]1c1c[nH]c2ccccc12. The van der Waals surface area contributed by atoms with Crippen molar-refractivity contribution in [2.45, 2.75) is 18.0 Å². The number of hydrogen-bond acceptors (Lipinski definition) is 4. The minimum atomic E-state index is -1.73. The van der Waals surface area contributed by atoms with Gasteiger partial charge in [0.2, 0.25) is 0 Å². The molecule has 5 nitrogen and oxygen atoms in total. The van der Waals surface area contributed by atoms with Gasteiger partial charge in [0, 0.05) is 33.2 Å². The van der Waals surface area contributed by atoms with Gasteiger partial charge in [0.05, 0.1) is 0 Å². The quantitative estimate of drug-likeness (QED) is 0.743. The van der Waals surface area contributed by atoms with E-state index in [-0.39, 0.29) is 0 Å². The van der Waals surface area contributed by atoms with Crippen LogP contribution < -0.4 is 0 Å². The summed E-state index contributed by atoms with van der Waals surface area (Å²) >= 11 is 5.91. The number of nitriles is 2. The predicted molar refractivity (Wildman–Crippen MR) is 91.4 cm³/mol. The van der Waals surface area contributed by atoms with Crippen LogP contribution in [0.1, 0.15) is 23.5 Å². The average molecular weight is 350 g/mol. The van der Waals surface area contributed by atoms with E-state index >= 15 is 0 Å². The predicted octanol–water partition coefficient (Wildman–Crippen LogP) is 4.39. The van der Waals surface area contributed by atoms with Crippen LogP contribution in [0.3, 0.4) is 0 Å². The van der Waals surface area contributed by atoms with E-state index in [0.29, 0.717) is 10.6 Å². The molecule has 0 aliphatic carbocycles. The fraction of sp³-hybridized carbons (Fsp3) is 0.158. The zero-order valence-corrected chi connectivity index (χ0v) is 13.7. The van der Waals surface area contributed by atoms with Gasteiger partial charge in [-0.3, -0.25) is 0 Å². The van der Waals surface area contributed by atoms with Crippen molar-refractivity contribution in [2.24, 2.45) is 0 Å². The summed E-state index contributed by atoms with van der Waals surface area (Å²) in [7, 11) is 0. The van der Waals surface area contributed by atoms with E-state index in [1.165, 1.54) is 0 Å². The second-order valence-electron chi connectivity index (χ2n) is 5.77. The van der Waals surface area contributed by atoms with Gasteiger partial charge in [0.15, 0.2) is 6.29 Å². The van der Waals surface area contributed by atoms with Gasteiger partial charge in [0.1, 0.15) is 18.2 Å². The van der Waals surface area contributed by atoms with Crippen molar-refractivity contribution in [1.82, 2.24) is 4.98 Å². The van der Waals surface area contributed by atoms with E-state index in [4.69, 9.17) is 21.1 Å². The first-order valence-corrected chi connectivity index (χ1v) is 8.02. The van der Waals surface area contributed by atoms with Gasteiger partial charge in [-0.05, 0) is 18.2 Å². The maximum Gasteiger partial charge on any atom is 0.274 e. The van der Waals surface area contributed by atoms with Crippen LogP contribution in [0.5, 0.6) is 0 Å². The van der Waals surface area contributed by atoms with Gasteiger partial charge in [-0.25, -0.2) is 0 Å². The second-order valence-corrected chi connectivity index (χ2v) is 6.20. The summed E-state index contributed by atoms with van der Waals surface area (Å²) in [5.41, 5.74) is 0.590. The molecule has 0 bridgehead atoms. The van der Waals surface area contributed by atoms with Crippen LogP contribution in [0.25, 0.3) is 10.9 Å². The number of ether oxygens (including phenoxy) is 2. The minimum Gasteiger partial charge on any atom is -0.361 e. The Morgan fingerprint density at radius 3 is 2.48 bits per heavy atom. The van der Waals surface area contributed by atoms with Crippen LogP contribution >= 0.6 is 11.6 Å². The van der Waals surface area contributed by atoms with Crippen LogP contribution in [0, 0.1) is 22.7 Å². The van der Waals surface area contributed by atoms with Crippen LogP contribution in [-0.2, 0) is 9.47 Å². The Bertz CT molecular complexity index is 1000. The van der Waals surface area contributed by atoms with E-state index in [9.17, 15) is 10.5 Å². The molecule has 0 amide bonds. The second kappa shape index (κ2) is 5.91. The van der Waals surface area contributed by atoms with Crippen molar-refractivity contribution in [3.63, 3.8) is 0 Å². The summed E-state index contributed by atoms with van der Waals surface area (Å²) < 4.78 is 11.8. The third-order valence-electron chi connectivity index (χ3n) is 4.30. The number of benzene rings is 2. The molecule has 1 saturated heterocycles. The summed E-state index contributed by atoms with van der Waals surface area (Å²) in [6.07, 6.45) is 0.0985. The molecule has 1 aromatic heterocycles. The first kappa shape index (κ1) is 15.7. The van der Waals surface area contributed by atoms with E-state index in [0.717, 1.165) is 16.5 Å². The van der Waals surface area contributed by atoms with Gasteiger partial charge in [-0.2, -0.15) is 10.5 Å². The van der Waals surface area contributed by atoms with Crippen molar-refractivity contribution < 1.29 is 9.47 Å². The van der Waals surface area contributed by atoms with Crippen molar-refractivity contribution in [3.05, 3.63) is 70.9 Å². The van der Waals surface area contributed by atoms with Crippen molar-refractivity contribution >= 4 is 22.5 Å². The first-order valence-electron chi connectivity index (χ1n) is 7.64. The third-order valence-corrected chi connectivity index (χ3v) is 4.55. The van der Waals surface area contributed by atoms with Crippen LogP contribution in [0.2, 0.25) is 5.02 Å². The van der Waals surface area contributed by atoms with Gasteiger partial charge in [-0.15, -0.1) is 0 Å². The lowest BCUT2D eigenvalue weighted by Gasteiger charge is -2.17. The van der Waals surface area contributed by atoms with Crippen molar-refractivity contribution in [1.29, 1.82) is 10.5 Å². The molecule has 0 radical (unpaired) electrons. The molecule has 2 atom stereocenters. The topological polar surface area (TPSA) is 81.8 Å². The largest absolute Gasteiger partial charge is 0.361 e. The van der Waals surface area contributed by atoms with Crippen molar-refractivity contribution in [2.75, 3.05) is 0 Å². The van der Waals surface area contributed by atoms with E-state index in [1.54, 1.807) is 30.5 Å². The Balaban J connectivity index is 1.79. The smallest absolute Gasteiger partial charge is 0.274 e. The lowest BCUT2D eigenvalue weighted by atomic mass is 9.93. The molecule has 0 spiro atoms. The minimum absolute atomic E-state index is 0.585. The molecule has 1 N–H and O–H groups in total. The highest BCUT2D eigenvalue weighted by Gasteiger charge is 2.53. The molecular formula is C19H12ClN3O2. The number of H-pyrrole nitrogens is 1. The number of para-hydroxylation sites is 1. The number of halogens is 1. The molecule has 0 unspecified atom stereocenters. The van der Waals surface area contributed by atoms with Gasteiger partial charge < -0.3 is 14.5 Å². The number of rotatable bonds is 2. The lowest BCUT2D eigenvalue weighted by Crippen LogP contribution is -2.30. The van der Waals surface area contributed by atoms with Crippen LogP contribution in [0.15, 0.2) is 54.7 Å². The van der Waals surface area contributed by atoms with E-state index in [1.807, 2.05) is 36.4 Å². The van der Waals surface area contributed by atoms with Crippen LogP contribution in [0.4, 0.5) is 0 Å². The number of fused-ring (bicyclic) bond motifs is 1. The van der Waals surface area contributed by atoms with Gasteiger partial charge >= 0.3 is 0 Å². The Morgan fingerprint density at radius 1 is 1.04 bits per heavy atom. The zero-order chi connectivity index (χ0) is 17.4. The molecule has 6 heteroatoms. The monoisotopic (exact) mass is 349 g/mol. The van der Waals surface area contributed by atoms with Gasteiger partial charge in [0.25, 0.3) is 5.60 Å². The number of nitrogens with one attached hydrogen (secondary N) is 1. The van der Waals surface area contributed by atoms with E-state index < -0.39 is 18.0 Å². The van der Waals surface area contributed by atoms with E-state index in [2.05, 4.69) is 4.98 Å². The number of aromatic nitrogens is 1. The normalized spacial score (nSPS) is 21.7. The molecule has 1 aliphatic heterocycles. The molecule has 0 saturated carbocycles. The Hall–Kier alpha value is -2.83. The molecular weight excluding hydrogens is 338 g/mol. The number of hydrogen-bond donors (Lipinski definition) is 1. The Labute approximate surface area is 149 Å². The summed E-state index contributed by atoms with van der Waals surface area (Å²) in [4.78, 5) is 3.14. The Morgan fingerprint density at radius 2 is 1.76 bits per heavy atom. The highest BCUT2D eigenvalue weighted by atomic mass is 35.5. The fourth-order valence-electron chi connectivity index (χ4n) is 3.04. The average Bonchev–Trinajstić information content (AvgIpc) is 3.24. The van der Waals surface area contributed by atoms with Crippen LogP contribution in [-0.4, -0.2) is 10.6 Å². The summed E-state index contributed by atoms with van der Waals surface area (Å²) in [5.74, 6) is 0. The molecule has 2 heterocycles. The zero-order valence-electron chi connectivity index (χ0n) is 12.9. The standard InChI is InChI=1S/C19H12ClN3O2/c20-13-7-5-12(6-8-13)18-24-17(19(10-21,11-22)25-18)15-9-23-16-4-2-1-3-14(15)16/h1-9,17-18,23H/t17-,18-/m0/s1. The summed E-state index contributed by atoms with van der Waals surface area (Å²) in [6.45, 7) is 0. The molecule has 4 rings (SSSR count). The lowest BCUT2D eigenvalue weighted by molar-refractivity contribution is -0.0717. The first-order chi connectivity index (χ1) is 12.2. The Kier molecular flexibility index (Phi) is 3.71. The molecule has 2 aromatic carbocycles. The molecule has 122 valence electrons. The maximum atomic E-state index is 9.66. The molecule has 3 aromatic rings. The summed E-state index contributed by atoms with van der Waals surface area (Å²) in [5, 5.41) is 20.8. The number of aromatic amines is 1. The number of nitrogens with zero attached hydrogens (tertiary/aromatic N) is 2. The molecule has 25 heavy (non-hydrogen) atoms. The highest BCUT2D eigenvalue weighted by molar-refractivity contribution is 6.30. The maximum absolute atomic E-state index is 9.66. The van der Waals surface area contributed by atoms with Gasteiger partial charge in [-0.1, -0.05) is 41.9 Å². The molecule has 1 fully saturated rings. The summed E-state index contributed by atoms with van der Waals surface area (Å²) in [6, 6.07) is 18.6. The fourth-order valence-corrected chi connectivity index (χ4v) is 3.17. The third kappa shape index (κ3) is 2.47. The van der Waals surface area contributed by atoms with Crippen molar-refractivity contribution in [3.8, 4) is 12.1 Å². The molecule has 1 aliphatic rings.